The first-order valence-corrected chi connectivity index (χ1v) is 12.9. The summed E-state index contributed by atoms with van der Waals surface area (Å²) in [6, 6.07) is 18.7. The molecule has 1 unspecified atom stereocenters. The van der Waals surface area contributed by atoms with E-state index in [0.717, 1.165) is 23.2 Å². The minimum Gasteiger partial charge on any atom is -0.337 e. The van der Waals surface area contributed by atoms with E-state index in [9.17, 15) is 13.2 Å². The molecule has 0 radical (unpaired) electrons. The van der Waals surface area contributed by atoms with Gasteiger partial charge in [-0.25, -0.2) is 8.42 Å². The predicted molar refractivity (Wildman–Crippen MR) is 126 cm³/mol. The lowest BCUT2D eigenvalue weighted by Gasteiger charge is -2.38. The minimum atomic E-state index is -3.48. The van der Waals surface area contributed by atoms with Crippen LogP contribution in [0.4, 0.5) is 0 Å². The average molecular weight is 465 g/mol. The van der Waals surface area contributed by atoms with Crippen molar-refractivity contribution >= 4 is 15.9 Å². The summed E-state index contributed by atoms with van der Waals surface area (Å²) in [5.41, 5.74) is 3.41. The van der Waals surface area contributed by atoms with E-state index in [1.165, 1.54) is 0 Å². The molecule has 0 aliphatic carbocycles. The van der Waals surface area contributed by atoms with E-state index in [0.29, 0.717) is 37.5 Å². The standard InChI is InChI=1S/C25H28N4O3S/c1-18-7-12-24(20-5-3-2-4-6-20)33(31,32)29(18)15-19-8-10-21(11-9-19)25(30)28-16-22(17-28)23-13-14-26-27-23/h2-6,8-11,13-14,18,22,24H,7,12,15-17H2,1H3,(H,26,27)/t18-,24?/m0/s1. The zero-order valence-corrected chi connectivity index (χ0v) is 19.4. The second-order valence-corrected chi connectivity index (χ2v) is 11.1. The average Bonchev–Trinajstić information content (AvgIpc) is 3.31. The van der Waals surface area contributed by atoms with Crippen LogP contribution >= 0.6 is 0 Å². The number of rotatable bonds is 5. The second kappa shape index (κ2) is 8.76. The maximum Gasteiger partial charge on any atom is 0.253 e. The first kappa shape index (κ1) is 21.9. The van der Waals surface area contributed by atoms with Crippen molar-refractivity contribution in [1.82, 2.24) is 19.4 Å². The SMILES string of the molecule is C[C@H]1CCC(c2ccccc2)S(=O)(=O)N1Cc1ccc(C(=O)N2CC(c3ccn[nH]3)C2)cc1. The topological polar surface area (TPSA) is 86.4 Å². The lowest BCUT2D eigenvalue weighted by Crippen LogP contribution is -2.48. The number of likely N-dealkylation sites (tertiary alicyclic amines) is 1. The number of H-pyrrole nitrogens is 1. The van der Waals surface area contributed by atoms with Gasteiger partial charge in [0.25, 0.3) is 5.91 Å². The fourth-order valence-electron chi connectivity index (χ4n) is 4.80. The zero-order chi connectivity index (χ0) is 23.0. The Morgan fingerprint density at radius 3 is 2.42 bits per heavy atom. The molecule has 3 aromatic rings. The van der Waals surface area contributed by atoms with E-state index in [1.807, 2.05) is 60.4 Å². The van der Waals surface area contributed by atoms with Crippen molar-refractivity contribution in [2.24, 2.45) is 0 Å². The number of aromatic amines is 1. The van der Waals surface area contributed by atoms with Crippen molar-refractivity contribution < 1.29 is 13.2 Å². The van der Waals surface area contributed by atoms with E-state index in [-0.39, 0.29) is 11.9 Å². The highest BCUT2D eigenvalue weighted by atomic mass is 32.2. The molecule has 0 bridgehead atoms. The molecule has 7 nitrogen and oxygen atoms in total. The monoisotopic (exact) mass is 464 g/mol. The number of sulfonamides is 1. The molecule has 2 aliphatic rings. The first-order chi connectivity index (χ1) is 15.9. The van der Waals surface area contributed by atoms with Crippen LogP contribution in [0.3, 0.4) is 0 Å². The molecule has 5 rings (SSSR count). The maximum atomic E-state index is 13.4. The van der Waals surface area contributed by atoms with Gasteiger partial charge in [0.05, 0.1) is 0 Å². The van der Waals surface area contributed by atoms with Crippen molar-refractivity contribution in [3.63, 3.8) is 0 Å². The van der Waals surface area contributed by atoms with Crippen LogP contribution in [-0.2, 0) is 16.6 Å². The summed E-state index contributed by atoms with van der Waals surface area (Å²) in [4.78, 5) is 14.6. The van der Waals surface area contributed by atoms with Gasteiger partial charge < -0.3 is 4.90 Å². The number of carbonyl (C=O) groups is 1. The van der Waals surface area contributed by atoms with Crippen LogP contribution in [0.2, 0.25) is 0 Å². The van der Waals surface area contributed by atoms with Crippen LogP contribution in [0.1, 0.15) is 58.1 Å². The quantitative estimate of drug-likeness (QED) is 0.624. The summed E-state index contributed by atoms with van der Waals surface area (Å²) >= 11 is 0. The van der Waals surface area contributed by atoms with Crippen LogP contribution in [0.15, 0.2) is 66.9 Å². The summed E-state index contributed by atoms with van der Waals surface area (Å²) in [6.07, 6.45) is 3.18. The molecule has 1 N–H and O–H groups in total. The number of amides is 1. The molecule has 2 saturated heterocycles. The van der Waals surface area contributed by atoms with Gasteiger partial charge in [-0.2, -0.15) is 9.40 Å². The van der Waals surface area contributed by atoms with Gasteiger partial charge in [-0.3, -0.25) is 9.89 Å². The third-order valence-corrected chi connectivity index (χ3v) is 9.24. The first-order valence-electron chi connectivity index (χ1n) is 11.4. The fraction of sp³-hybridized carbons (Fsp3) is 0.360. The van der Waals surface area contributed by atoms with Gasteiger partial charge in [-0.1, -0.05) is 42.5 Å². The van der Waals surface area contributed by atoms with Crippen LogP contribution < -0.4 is 0 Å². The van der Waals surface area contributed by atoms with Gasteiger partial charge in [0, 0.05) is 49.0 Å². The number of carbonyl (C=O) groups excluding carboxylic acids is 1. The molecular formula is C25H28N4O3S. The minimum absolute atomic E-state index is 0.000388. The third kappa shape index (κ3) is 4.20. The molecule has 8 heteroatoms. The Balaban J connectivity index is 1.26. The molecular weight excluding hydrogens is 436 g/mol. The summed E-state index contributed by atoms with van der Waals surface area (Å²) < 4.78 is 28.5. The molecule has 0 spiro atoms. The highest BCUT2D eigenvalue weighted by Gasteiger charge is 2.40. The predicted octanol–water partition coefficient (Wildman–Crippen LogP) is 3.70. The van der Waals surface area contributed by atoms with E-state index in [2.05, 4.69) is 10.2 Å². The van der Waals surface area contributed by atoms with Crippen molar-refractivity contribution in [1.29, 1.82) is 0 Å². The molecule has 2 aromatic carbocycles. The zero-order valence-electron chi connectivity index (χ0n) is 18.6. The number of hydrogen-bond donors (Lipinski definition) is 1. The molecule has 2 fully saturated rings. The van der Waals surface area contributed by atoms with Gasteiger partial charge in [0.2, 0.25) is 10.0 Å². The Morgan fingerprint density at radius 1 is 1.03 bits per heavy atom. The number of nitrogens with one attached hydrogen (secondary N) is 1. The normalized spacial score (nSPS) is 23.2. The smallest absolute Gasteiger partial charge is 0.253 e. The van der Waals surface area contributed by atoms with Crippen LogP contribution in [0.25, 0.3) is 0 Å². The Morgan fingerprint density at radius 2 is 1.76 bits per heavy atom. The third-order valence-electron chi connectivity index (χ3n) is 6.87. The van der Waals surface area contributed by atoms with E-state index in [1.54, 1.807) is 22.6 Å². The molecule has 33 heavy (non-hydrogen) atoms. The Bertz CT molecular complexity index is 1200. The number of benzene rings is 2. The molecule has 2 atom stereocenters. The van der Waals surface area contributed by atoms with Gasteiger partial charge in [-0.05, 0) is 49.1 Å². The number of nitrogens with zero attached hydrogens (tertiary/aromatic N) is 3. The van der Waals surface area contributed by atoms with Gasteiger partial charge in [-0.15, -0.1) is 0 Å². The lowest BCUT2D eigenvalue weighted by atomic mass is 9.95. The molecule has 0 saturated carbocycles. The Kier molecular flexibility index (Phi) is 5.80. The largest absolute Gasteiger partial charge is 0.337 e. The lowest BCUT2D eigenvalue weighted by molar-refractivity contribution is 0.0598. The number of hydrogen-bond acceptors (Lipinski definition) is 4. The highest BCUT2D eigenvalue weighted by molar-refractivity contribution is 7.89. The number of aromatic nitrogens is 2. The molecule has 2 aliphatic heterocycles. The van der Waals surface area contributed by atoms with E-state index < -0.39 is 15.3 Å². The Labute approximate surface area is 194 Å². The van der Waals surface area contributed by atoms with E-state index in [4.69, 9.17) is 0 Å². The van der Waals surface area contributed by atoms with Gasteiger partial charge in [0.1, 0.15) is 5.25 Å². The molecule has 3 heterocycles. The van der Waals surface area contributed by atoms with E-state index >= 15 is 0 Å². The Hall–Kier alpha value is -2.97. The van der Waals surface area contributed by atoms with Crippen LogP contribution in [0, 0.1) is 0 Å². The van der Waals surface area contributed by atoms with Crippen molar-refractivity contribution in [3.05, 3.63) is 89.2 Å². The van der Waals surface area contributed by atoms with Crippen LogP contribution in [-0.4, -0.2) is 52.9 Å². The van der Waals surface area contributed by atoms with Gasteiger partial charge in [0.15, 0.2) is 0 Å². The second-order valence-electron chi connectivity index (χ2n) is 9.03. The van der Waals surface area contributed by atoms with Gasteiger partial charge >= 0.3 is 0 Å². The molecule has 172 valence electrons. The van der Waals surface area contributed by atoms with Crippen LogP contribution in [0.5, 0.6) is 0 Å². The summed E-state index contributed by atoms with van der Waals surface area (Å²) in [5, 5.41) is 6.43. The molecule has 1 amide bonds. The maximum absolute atomic E-state index is 13.4. The van der Waals surface area contributed by atoms with Crippen molar-refractivity contribution in [2.45, 2.75) is 43.5 Å². The summed E-state index contributed by atoms with van der Waals surface area (Å²) in [5.74, 6) is 0.305. The fourth-order valence-corrected chi connectivity index (χ4v) is 7.00. The summed E-state index contributed by atoms with van der Waals surface area (Å²) in [7, 11) is -3.48. The molecule has 1 aromatic heterocycles. The highest BCUT2D eigenvalue weighted by Crippen LogP contribution is 2.38. The summed E-state index contributed by atoms with van der Waals surface area (Å²) in [6.45, 7) is 3.63. The van der Waals surface area contributed by atoms with Crippen molar-refractivity contribution in [2.75, 3.05) is 13.1 Å². The van der Waals surface area contributed by atoms with Crippen molar-refractivity contribution in [3.8, 4) is 0 Å².